The van der Waals surface area contributed by atoms with E-state index in [1.807, 2.05) is 0 Å². The van der Waals surface area contributed by atoms with Crippen molar-refractivity contribution in [2.75, 3.05) is 0 Å². The number of rotatable bonds is 1. The zero-order chi connectivity index (χ0) is 11.4. The molecule has 5 nitrogen and oxygen atoms in total. The van der Waals surface area contributed by atoms with Crippen molar-refractivity contribution in [3.8, 4) is 0 Å². The van der Waals surface area contributed by atoms with Crippen LogP contribution >= 0.6 is 0 Å². The Balaban J connectivity index is 3.02. The van der Waals surface area contributed by atoms with Crippen LogP contribution in [0.3, 0.4) is 0 Å². The maximum atomic E-state index is 11.7. The highest BCUT2D eigenvalue weighted by molar-refractivity contribution is 6.15. The molecule has 0 N–H and O–H groups in total. The van der Waals surface area contributed by atoms with E-state index in [9.17, 15) is 14.4 Å². The van der Waals surface area contributed by atoms with Crippen LogP contribution in [0.1, 0.15) is 24.2 Å². The van der Waals surface area contributed by atoms with Gasteiger partial charge in [-0.25, -0.2) is 4.90 Å². The topological polar surface area (TPSA) is 67.3 Å². The minimum Gasteiger partial charge on any atom is -0.274 e. The van der Waals surface area contributed by atoms with Crippen molar-refractivity contribution in [1.29, 1.82) is 0 Å². The van der Waals surface area contributed by atoms with Gasteiger partial charge >= 0.3 is 0 Å². The fraction of sp³-hybridized carbons (Fsp3) is 0.200. The number of carbonyl (C=O) groups excluding carboxylic acids is 3. The van der Waals surface area contributed by atoms with Crippen LogP contribution in [0.5, 0.6) is 0 Å². The van der Waals surface area contributed by atoms with Gasteiger partial charge in [-0.2, -0.15) is 0 Å². The van der Waals surface area contributed by atoms with Crippen LogP contribution in [0.4, 0.5) is 0 Å². The molecule has 0 spiro atoms. The van der Waals surface area contributed by atoms with E-state index in [2.05, 4.69) is 4.98 Å². The van der Waals surface area contributed by atoms with Crippen LogP contribution in [0.25, 0.3) is 0 Å². The molecule has 0 saturated carbocycles. The molecule has 1 rings (SSSR count). The van der Waals surface area contributed by atoms with Crippen molar-refractivity contribution >= 4 is 17.7 Å². The van der Waals surface area contributed by atoms with E-state index in [0.717, 1.165) is 13.8 Å². The number of pyridine rings is 1. The average molecular weight is 206 g/mol. The minimum atomic E-state index is -0.650. The van der Waals surface area contributed by atoms with E-state index in [1.165, 1.54) is 18.5 Å². The smallest absolute Gasteiger partial charge is 0.268 e. The lowest BCUT2D eigenvalue weighted by atomic mass is 10.2. The van der Waals surface area contributed by atoms with Crippen LogP contribution in [-0.2, 0) is 9.59 Å². The predicted molar refractivity (Wildman–Crippen MR) is 51.8 cm³/mol. The average Bonchev–Trinajstić information content (AvgIpc) is 2.18. The van der Waals surface area contributed by atoms with E-state index in [1.54, 1.807) is 6.07 Å². The third-order valence-corrected chi connectivity index (χ3v) is 1.74. The molecule has 1 aromatic rings. The van der Waals surface area contributed by atoms with E-state index in [4.69, 9.17) is 0 Å². The maximum Gasteiger partial charge on any atom is 0.268 e. The number of carbonyl (C=O) groups is 3. The first-order valence-corrected chi connectivity index (χ1v) is 4.29. The number of imide groups is 3. The molecule has 5 heteroatoms. The molecule has 0 aliphatic carbocycles. The lowest BCUT2D eigenvalue weighted by Gasteiger charge is -2.14. The first-order chi connectivity index (χ1) is 7.04. The second kappa shape index (κ2) is 4.45. The Morgan fingerprint density at radius 3 is 2.20 bits per heavy atom. The van der Waals surface area contributed by atoms with Crippen LogP contribution < -0.4 is 0 Å². The summed E-state index contributed by atoms with van der Waals surface area (Å²) in [7, 11) is 0. The van der Waals surface area contributed by atoms with E-state index in [-0.39, 0.29) is 5.56 Å². The number of hydrogen-bond acceptors (Lipinski definition) is 4. The van der Waals surface area contributed by atoms with Crippen LogP contribution in [0.15, 0.2) is 24.5 Å². The second-order valence-electron chi connectivity index (χ2n) is 2.92. The van der Waals surface area contributed by atoms with Gasteiger partial charge in [-0.1, -0.05) is 0 Å². The Bertz CT molecular complexity index is 386. The molecule has 0 aliphatic heterocycles. The quantitative estimate of drug-likeness (QED) is 0.675. The molecule has 3 amide bonds. The number of nitrogens with zero attached hydrogens (tertiary/aromatic N) is 2. The molecule has 0 unspecified atom stereocenters. The Morgan fingerprint density at radius 2 is 1.80 bits per heavy atom. The minimum absolute atomic E-state index is 0.211. The number of amides is 3. The summed E-state index contributed by atoms with van der Waals surface area (Å²) in [5, 5.41) is 0. The maximum absolute atomic E-state index is 11.7. The molecule has 0 saturated heterocycles. The van der Waals surface area contributed by atoms with E-state index < -0.39 is 17.7 Å². The molecular formula is C10H10N2O3. The van der Waals surface area contributed by atoms with Gasteiger partial charge in [0.25, 0.3) is 5.91 Å². The summed E-state index contributed by atoms with van der Waals surface area (Å²) in [6.07, 6.45) is 2.81. The Labute approximate surface area is 86.7 Å². The molecule has 1 aromatic heterocycles. The van der Waals surface area contributed by atoms with E-state index >= 15 is 0 Å². The van der Waals surface area contributed by atoms with Gasteiger partial charge in [0.2, 0.25) is 11.8 Å². The molecule has 78 valence electrons. The number of hydrogen-bond donors (Lipinski definition) is 0. The molecule has 0 atom stereocenters. The largest absolute Gasteiger partial charge is 0.274 e. The first kappa shape index (κ1) is 11.0. The third-order valence-electron chi connectivity index (χ3n) is 1.74. The Kier molecular flexibility index (Phi) is 3.28. The van der Waals surface area contributed by atoms with Gasteiger partial charge in [0.1, 0.15) is 0 Å². The molecule has 15 heavy (non-hydrogen) atoms. The van der Waals surface area contributed by atoms with Gasteiger partial charge in [-0.05, 0) is 12.1 Å². The van der Waals surface area contributed by atoms with Crippen molar-refractivity contribution in [3.05, 3.63) is 30.1 Å². The van der Waals surface area contributed by atoms with Crippen LogP contribution in [0.2, 0.25) is 0 Å². The van der Waals surface area contributed by atoms with Gasteiger partial charge in [0.15, 0.2) is 0 Å². The van der Waals surface area contributed by atoms with Gasteiger partial charge < -0.3 is 0 Å². The summed E-state index contributed by atoms with van der Waals surface area (Å²) in [4.78, 5) is 38.1. The van der Waals surface area contributed by atoms with Gasteiger partial charge in [-0.15, -0.1) is 0 Å². The molecule has 0 aliphatic rings. The van der Waals surface area contributed by atoms with Crippen molar-refractivity contribution < 1.29 is 14.4 Å². The van der Waals surface area contributed by atoms with Crippen molar-refractivity contribution in [1.82, 2.24) is 9.88 Å². The number of aromatic nitrogens is 1. The SMILES string of the molecule is CC(=O)N(C(C)=O)C(=O)c1cccnc1. The Morgan fingerprint density at radius 1 is 1.20 bits per heavy atom. The van der Waals surface area contributed by atoms with E-state index in [0.29, 0.717) is 4.90 Å². The standard InChI is InChI=1S/C10H10N2O3/c1-7(13)12(8(2)14)10(15)9-4-3-5-11-6-9/h3-6H,1-2H3. The van der Waals surface area contributed by atoms with Crippen molar-refractivity contribution in [2.24, 2.45) is 0 Å². The second-order valence-corrected chi connectivity index (χ2v) is 2.92. The predicted octanol–water partition coefficient (Wildman–Crippen LogP) is 0.617. The Hall–Kier alpha value is -2.04. The monoisotopic (exact) mass is 206 g/mol. The molecule has 0 fully saturated rings. The highest BCUT2D eigenvalue weighted by Gasteiger charge is 2.23. The third kappa shape index (κ3) is 2.46. The summed E-state index contributed by atoms with van der Waals surface area (Å²) in [6.45, 7) is 2.32. The van der Waals surface area contributed by atoms with Gasteiger partial charge in [0.05, 0.1) is 5.56 Å². The first-order valence-electron chi connectivity index (χ1n) is 4.29. The molecular weight excluding hydrogens is 196 g/mol. The highest BCUT2D eigenvalue weighted by Crippen LogP contribution is 2.03. The molecule has 0 aromatic carbocycles. The van der Waals surface area contributed by atoms with Gasteiger partial charge in [-0.3, -0.25) is 19.4 Å². The lowest BCUT2D eigenvalue weighted by molar-refractivity contribution is -0.138. The van der Waals surface area contributed by atoms with Gasteiger partial charge in [0, 0.05) is 26.2 Å². The fourth-order valence-corrected chi connectivity index (χ4v) is 1.13. The van der Waals surface area contributed by atoms with Crippen molar-refractivity contribution in [3.63, 3.8) is 0 Å². The summed E-state index contributed by atoms with van der Waals surface area (Å²) in [5.41, 5.74) is 0.211. The summed E-state index contributed by atoms with van der Waals surface area (Å²) >= 11 is 0. The highest BCUT2D eigenvalue weighted by atomic mass is 16.2. The lowest BCUT2D eigenvalue weighted by Crippen LogP contribution is -2.38. The summed E-state index contributed by atoms with van der Waals surface area (Å²) in [6, 6.07) is 3.06. The van der Waals surface area contributed by atoms with Crippen LogP contribution in [0, 0.1) is 0 Å². The molecule has 0 bridgehead atoms. The fourth-order valence-electron chi connectivity index (χ4n) is 1.13. The van der Waals surface area contributed by atoms with Crippen molar-refractivity contribution in [2.45, 2.75) is 13.8 Å². The zero-order valence-corrected chi connectivity index (χ0v) is 8.43. The summed E-state index contributed by atoms with van der Waals surface area (Å²) in [5.74, 6) is -1.85. The zero-order valence-electron chi connectivity index (χ0n) is 8.43. The summed E-state index contributed by atoms with van der Waals surface area (Å²) < 4.78 is 0. The normalized spacial score (nSPS) is 9.47. The van der Waals surface area contributed by atoms with Crippen LogP contribution in [-0.4, -0.2) is 27.6 Å². The molecule has 0 radical (unpaired) electrons. The molecule has 1 heterocycles.